The van der Waals surface area contributed by atoms with Gasteiger partial charge in [0.1, 0.15) is 11.3 Å². The Kier molecular flexibility index (Phi) is 8.50. The molecule has 2 fully saturated rings. The topological polar surface area (TPSA) is 87.1 Å². The maximum atomic E-state index is 13.9. The highest BCUT2D eigenvalue weighted by atomic mass is 16.6. The van der Waals surface area contributed by atoms with Crippen LogP contribution in [0.1, 0.15) is 75.9 Å². The maximum absolute atomic E-state index is 13.9. The summed E-state index contributed by atoms with van der Waals surface area (Å²) in [6, 6.07) is 7.13. The number of Topliss-reactive ketones (excluding diaryl/α,β-unsaturated/α-hetero) is 1. The first kappa shape index (κ1) is 28.1. The van der Waals surface area contributed by atoms with E-state index in [4.69, 9.17) is 14.2 Å². The normalized spacial score (nSPS) is 24.0. The van der Waals surface area contributed by atoms with Gasteiger partial charge in [0.25, 0.3) is 0 Å². The fraction of sp³-hybridized carbons (Fsp3) is 0.633. The lowest BCUT2D eigenvalue weighted by Gasteiger charge is -2.36. The highest BCUT2D eigenvalue weighted by Gasteiger charge is 2.46. The highest BCUT2D eigenvalue weighted by molar-refractivity contribution is 5.96. The number of esters is 1. The zero-order valence-corrected chi connectivity index (χ0v) is 23.6. The largest absolute Gasteiger partial charge is 0.461 e. The second-order valence-electron chi connectivity index (χ2n) is 11.7. The van der Waals surface area contributed by atoms with Gasteiger partial charge in [-0.15, -0.1) is 0 Å². The highest BCUT2D eigenvalue weighted by Crippen LogP contribution is 2.40. The zero-order chi connectivity index (χ0) is 27.6. The molecule has 1 aliphatic heterocycles. The molecule has 208 valence electrons. The van der Waals surface area contributed by atoms with Crippen molar-refractivity contribution < 1.29 is 28.6 Å². The fourth-order valence-electron chi connectivity index (χ4n) is 6.22. The summed E-state index contributed by atoms with van der Waals surface area (Å²) >= 11 is 0. The quantitative estimate of drug-likeness (QED) is 0.455. The van der Waals surface area contributed by atoms with Gasteiger partial charge in [-0.3, -0.25) is 9.69 Å². The lowest BCUT2D eigenvalue weighted by atomic mass is 9.74. The summed E-state index contributed by atoms with van der Waals surface area (Å²) in [5.41, 5.74) is 1.60. The van der Waals surface area contributed by atoms with Crippen LogP contribution in [0, 0.1) is 11.8 Å². The van der Waals surface area contributed by atoms with Gasteiger partial charge in [-0.05, 0) is 95.4 Å². The van der Waals surface area contributed by atoms with Crippen LogP contribution in [-0.4, -0.2) is 65.3 Å². The van der Waals surface area contributed by atoms with Gasteiger partial charge in [0.2, 0.25) is 0 Å². The molecule has 0 N–H and O–H groups in total. The third kappa shape index (κ3) is 6.06. The van der Waals surface area contributed by atoms with Crippen LogP contribution in [0.25, 0.3) is 10.9 Å². The molecule has 1 aliphatic carbocycles. The van der Waals surface area contributed by atoms with Crippen LogP contribution in [0.5, 0.6) is 0 Å². The van der Waals surface area contributed by atoms with Gasteiger partial charge in [0.05, 0.1) is 18.8 Å². The van der Waals surface area contributed by atoms with Crippen LogP contribution in [0.3, 0.4) is 0 Å². The molecule has 8 heteroatoms. The first-order valence-corrected chi connectivity index (χ1v) is 13.8. The van der Waals surface area contributed by atoms with Crippen molar-refractivity contribution in [2.75, 3.05) is 20.3 Å². The van der Waals surface area contributed by atoms with Gasteiger partial charge < -0.3 is 18.8 Å². The summed E-state index contributed by atoms with van der Waals surface area (Å²) < 4.78 is 18.3. The number of aromatic nitrogens is 1. The summed E-state index contributed by atoms with van der Waals surface area (Å²) in [5.74, 6) is 0.164. The summed E-state index contributed by atoms with van der Waals surface area (Å²) in [5, 5.41) is 0.880. The number of rotatable bonds is 7. The zero-order valence-electron chi connectivity index (χ0n) is 23.6. The molecule has 1 saturated carbocycles. The predicted octanol–water partition coefficient (Wildman–Crippen LogP) is 5.30. The van der Waals surface area contributed by atoms with Crippen molar-refractivity contribution in [1.29, 1.82) is 0 Å². The third-order valence-electron chi connectivity index (χ3n) is 8.03. The first-order valence-electron chi connectivity index (χ1n) is 13.8. The first-order chi connectivity index (χ1) is 18.0. The smallest absolute Gasteiger partial charge is 0.410 e. The Labute approximate surface area is 225 Å². The van der Waals surface area contributed by atoms with Crippen molar-refractivity contribution in [2.45, 2.75) is 84.0 Å². The van der Waals surface area contributed by atoms with Crippen molar-refractivity contribution in [2.24, 2.45) is 18.9 Å². The molecular formula is C30H42N2O6. The summed E-state index contributed by atoms with van der Waals surface area (Å²) in [7, 11) is 3.59. The van der Waals surface area contributed by atoms with E-state index in [9.17, 15) is 14.4 Å². The number of hydrogen-bond acceptors (Lipinski definition) is 6. The molecule has 0 unspecified atom stereocenters. The van der Waals surface area contributed by atoms with E-state index in [1.54, 1.807) is 25.0 Å². The molecule has 38 heavy (non-hydrogen) atoms. The van der Waals surface area contributed by atoms with E-state index in [1.807, 2.05) is 50.6 Å². The molecule has 4 rings (SSSR count). The number of hydrogen-bond donors (Lipinski definition) is 0. The number of fused-ring (bicyclic) bond motifs is 1. The third-order valence-corrected chi connectivity index (χ3v) is 8.03. The SMILES string of the molecule is CCOC(=O)c1cc2cc(CC(=O)[C@@H]3[C@H](C4CCC(OC)CC4)CCN3C(=O)OC(C)(C)C)ccc2n1C. The maximum Gasteiger partial charge on any atom is 0.410 e. The minimum atomic E-state index is -0.631. The molecular weight excluding hydrogens is 484 g/mol. The number of likely N-dealkylation sites (tertiary alicyclic amines) is 1. The number of amides is 1. The number of carbonyl (C=O) groups is 3. The van der Waals surface area contributed by atoms with E-state index in [0.717, 1.165) is 48.6 Å². The Bertz CT molecular complexity index is 1170. The van der Waals surface area contributed by atoms with E-state index < -0.39 is 17.7 Å². The summed E-state index contributed by atoms with van der Waals surface area (Å²) in [4.78, 5) is 41.1. The molecule has 2 atom stereocenters. The van der Waals surface area contributed by atoms with Crippen molar-refractivity contribution in [3.05, 3.63) is 35.5 Å². The molecule has 2 heterocycles. The van der Waals surface area contributed by atoms with Gasteiger partial charge in [0.15, 0.2) is 5.78 Å². The Morgan fingerprint density at radius 1 is 1.03 bits per heavy atom. The van der Waals surface area contributed by atoms with E-state index in [2.05, 4.69) is 0 Å². The summed E-state index contributed by atoms with van der Waals surface area (Å²) in [6.45, 7) is 8.16. The molecule has 0 spiro atoms. The monoisotopic (exact) mass is 526 g/mol. The Morgan fingerprint density at radius 3 is 2.37 bits per heavy atom. The lowest BCUT2D eigenvalue weighted by Crippen LogP contribution is -2.47. The average Bonchev–Trinajstić information content (AvgIpc) is 3.45. The Morgan fingerprint density at radius 2 is 1.74 bits per heavy atom. The number of methoxy groups -OCH3 is 1. The molecule has 0 radical (unpaired) electrons. The molecule has 0 bridgehead atoms. The van der Waals surface area contributed by atoms with E-state index in [-0.39, 0.29) is 30.2 Å². The molecule has 1 aromatic heterocycles. The minimum Gasteiger partial charge on any atom is -0.461 e. The minimum absolute atomic E-state index is 0.0353. The molecule has 1 amide bonds. The standard InChI is InChI=1S/C30H42N2O6/c1-7-37-28(34)25-18-21-16-19(8-13-24(21)31(25)5)17-26(33)27-23(20-9-11-22(36-6)12-10-20)14-15-32(27)29(35)38-30(2,3)4/h8,13,16,18,20,22-23,27H,7,9-12,14-15,17H2,1-6H3/t20?,22?,23-,27-/m0/s1. The van der Waals surface area contributed by atoms with Crippen LogP contribution in [-0.2, 0) is 32.5 Å². The van der Waals surface area contributed by atoms with Gasteiger partial charge in [-0.2, -0.15) is 0 Å². The Hall–Kier alpha value is -2.87. The molecule has 8 nitrogen and oxygen atoms in total. The number of benzene rings is 1. The number of carbonyl (C=O) groups excluding carboxylic acids is 3. The van der Waals surface area contributed by atoms with Crippen LogP contribution in [0.4, 0.5) is 4.79 Å². The van der Waals surface area contributed by atoms with Gasteiger partial charge in [-0.25, -0.2) is 9.59 Å². The fourth-order valence-corrected chi connectivity index (χ4v) is 6.22. The lowest BCUT2D eigenvalue weighted by molar-refractivity contribution is -0.124. The average molecular weight is 527 g/mol. The van der Waals surface area contributed by atoms with Crippen molar-refractivity contribution in [3.8, 4) is 0 Å². The van der Waals surface area contributed by atoms with Crippen LogP contribution in [0.2, 0.25) is 0 Å². The number of ketones is 1. The number of aryl methyl sites for hydroxylation is 1. The van der Waals surface area contributed by atoms with Crippen LogP contribution >= 0.6 is 0 Å². The van der Waals surface area contributed by atoms with E-state index >= 15 is 0 Å². The van der Waals surface area contributed by atoms with Crippen LogP contribution < -0.4 is 0 Å². The van der Waals surface area contributed by atoms with Crippen LogP contribution in [0.15, 0.2) is 24.3 Å². The van der Waals surface area contributed by atoms with Crippen molar-refractivity contribution >= 4 is 28.7 Å². The van der Waals surface area contributed by atoms with Gasteiger partial charge in [0, 0.05) is 38.0 Å². The van der Waals surface area contributed by atoms with Gasteiger partial charge >= 0.3 is 12.1 Å². The predicted molar refractivity (Wildman–Crippen MR) is 145 cm³/mol. The van der Waals surface area contributed by atoms with E-state index in [1.165, 1.54) is 0 Å². The van der Waals surface area contributed by atoms with Crippen molar-refractivity contribution in [1.82, 2.24) is 9.47 Å². The van der Waals surface area contributed by atoms with Gasteiger partial charge in [-0.1, -0.05) is 6.07 Å². The second kappa shape index (κ2) is 11.5. The van der Waals surface area contributed by atoms with Crippen molar-refractivity contribution in [3.63, 3.8) is 0 Å². The number of ether oxygens (including phenoxy) is 3. The molecule has 1 aromatic carbocycles. The molecule has 2 aromatic rings. The number of nitrogens with zero attached hydrogens (tertiary/aromatic N) is 2. The van der Waals surface area contributed by atoms with E-state index in [0.29, 0.717) is 24.8 Å². The Balaban J connectivity index is 1.57. The second-order valence-corrected chi connectivity index (χ2v) is 11.7. The molecule has 1 saturated heterocycles. The summed E-state index contributed by atoms with van der Waals surface area (Å²) in [6.07, 6.45) is 4.86. The molecule has 2 aliphatic rings.